The number of rotatable bonds is 4. The summed E-state index contributed by atoms with van der Waals surface area (Å²) in [5.74, 6) is 0.493. The van der Waals surface area contributed by atoms with Crippen molar-refractivity contribution in [1.29, 1.82) is 0 Å². The molecule has 7 nitrogen and oxygen atoms in total. The number of thioether (sulfide) groups is 1. The standard InChI is InChI=1S/C9H15N3O4S/c1-10-9(14)16-11-7-8(13)12(3-5-15-2)4-6-17-7/h3-6H2,1-2H3,(H,10,14). The van der Waals surface area contributed by atoms with Crippen LogP contribution in [0.3, 0.4) is 0 Å². The minimum absolute atomic E-state index is 0.191. The fourth-order valence-corrected chi connectivity index (χ4v) is 2.01. The van der Waals surface area contributed by atoms with Crippen molar-refractivity contribution in [2.45, 2.75) is 0 Å². The number of oxime groups is 1. The Labute approximate surface area is 103 Å². The van der Waals surface area contributed by atoms with E-state index in [4.69, 9.17) is 4.74 Å². The molecule has 0 unspecified atom stereocenters. The lowest BCUT2D eigenvalue weighted by molar-refractivity contribution is -0.124. The van der Waals surface area contributed by atoms with E-state index in [0.29, 0.717) is 19.7 Å². The smallest absolute Gasteiger partial charge is 0.383 e. The van der Waals surface area contributed by atoms with Gasteiger partial charge in [0, 0.05) is 33.0 Å². The molecule has 2 amide bonds. The molecular formula is C9H15N3O4S. The first kappa shape index (κ1) is 13.8. The first-order chi connectivity index (χ1) is 8.19. The minimum Gasteiger partial charge on any atom is -0.383 e. The highest BCUT2D eigenvalue weighted by molar-refractivity contribution is 8.15. The van der Waals surface area contributed by atoms with E-state index in [0.717, 1.165) is 5.75 Å². The maximum absolute atomic E-state index is 11.8. The molecule has 1 fully saturated rings. The summed E-state index contributed by atoms with van der Waals surface area (Å²) in [6.07, 6.45) is -0.695. The second-order valence-electron chi connectivity index (χ2n) is 3.16. The maximum atomic E-state index is 11.8. The third-order valence-corrected chi connectivity index (χ3v) is 2.96. The van der Waals surface area contributed by atoms with E-state index in [1.807, 2.05) is 0 Å². The van der Waals surface area contributed by atoms with E-state index in [1.54, 1.807) is 12.0 Å². The Hall–Kier alpha value is -1.28. The Kier molecular flexibility index (Phi) is 5.78. The van der Waals surface area contributed by atoms with Gasteiger partial charge in [0.15, 0.2) is 0 Å². The Balaban J connectivity index is 2.55. The Morgan fingerprint density at radius 3 is 3.06 bits per heavy atom. The second-order valence-corrected chi connectivity index (χ2v) is 4.24. The molecule has 17 heavy (non-hydrogen) atoms. The lowest BCUT2D eigenvalue weighted by atomic mass is 10.4. The third-order valence-electron chi connectivity index (χ3n) is 2.05. The molecule has 8 heteroatoms. The number of hydrogen-bond acceptors (Lipinski definition) is 6. The number of ether oxygens (including phenoxy) is 1. The first-order valence-electron chi connectivity index (χ1n) is 5.06. The fraction of sp³-hybridized carbons (Fsp3) is 0.667. The van der Waals surface area contributed by atoms with Gasteiger partial charge in [-0.1, -0.05) is 16.9 Å². The Morgan fingerprint density at radius 1 is 1.65 bits per heavy atom. The molecule has 0 bridgehead atoms. The molecule has 96 valence electrons. The number of nitrogens with zero attached hydrogens (tertiary/aromatic N) is 2. The number of amides is 2. The number of methoxy groups -OCH3 is 1. The number of nitrogens with one attached hydrogen (secondary N) is 1. The average Bonchev–Trinajstić information content (AvgIpc) is 2.35. The van der Waals surface area contributed by atoms with Gasteiger partial charge in [0.25, 0.3) is 5.91 Å². The maximum Gasteiger partial charge on any atom is 0.433 e. The molecule has 0 spiro atoms. The van der Waals surface area contributed by atoms with Crippen molar-refractivity contribution in [3.63, 3.8) is 0 Å². The largest absolute Gasteiger partial charge is 0.433 e. The lowest BCUT2D eigenvalue weighted by Crippen LogP contribution is -2.43. The van der Waals surface area contributed by atoms with Crippen LogP contribution in [-0.2, 0) is 14.4 Å². The predicted molar refractivity (Wildman–Crippen MR) is 63.9 cm³/mol. The van der Waals surface area contributed by atoms with Gasteiger partial charge in [0.1, 0.15) is 0 Å². The van der Waals surface area contributed by atoms with Crippen molar-refractivity contribution in [2.24, 2.45) is 5.16 Å². The molecule has 0 aliphatic carbocycles. The van der Waals surface area contributed by atoms with Crippen molar-refractivity contribution < 1.29 is 19.2 Å². The van der Waals surface area contributed by atoms with E-state index in [1.165, 1.54) is 18.8 Å². The van der Waals surface area contributed by atoms with Crippen LogP contribution in [0.1, 0.15) is 0 Å². The van der Waals surface area contributed by atoms with Crippen LogP contribution in [0.5, 0.6) is 0 Å². The molecule has 1 aliphatic heterocycles. The normalized spacial score (nSPS) is 18.4. The summed E-state index contributed by atoms with van der Waals surface area (Å²) < 4.78 is 4.91. The van der Waals surface area contributed by atoms with Crippen LogP contribution in [0.25, 0.3) is 0 Å². The number of carbonyl (C=O) groups excluding carboxylic acids is 2. The summed E-state index contributed by atoms with van der Waals surface area (Å²) >= 11 is 1.27. The molecule has 0 aromatic heterocycles. The molecule has 1 heterocycles. The molecule has 1 rings (SSSR count). The van der Waals surface area contributed by atoms with Crippen molar-refractivity contribution in [1.82, 2.24) is 10.2 Å². The Morgan fingerprint density at radius 2 is 2.41 bits per heavy atom. The number of hydrogen-bond donors (Lipinski definition) is 1. The summed E-state index contributed by atoms with van der Waals surface area (Å²) in [5.41, 5.74) is 0. The van der Waals surface area contributed by atoms with Crippen molar-refractivity contribution in [3.05, 3.63) is 0 Å². The van der Waals surface area contributed by atoms with Crippen molar-refractivity contribution >= 4 is 28.8 Å². The molecule has 0 atom stereocenters. The highest BCUT2D eigenvalue weighted by Crippen LogP contribution is 2.14. The Bertz CT molecular complexity index is 321. The molecule has 1 aliphatic rings. The summed E-state index contributed by atoms with van der Waals surface area (Å²) in [5, 5.41) is 5.96. The van der Waals surface area contributed by atoms with Crippen LogP contribution in [-0.4, -0.2) is 61.6 Å². The molecule has 0 aromatic carbocycles. The monoisotopic (exact) mass is 261 g/mol. The highest BCUT2D eigenvalue weighted by atomic mass is 32.2. The van der Waals surface area contributed by atoms with Gasteiger partial charge < -0.3 is 15.0 Å². The fourth-order valence-electron chi connectivity index (χ4n) is 1.16. The van der Waals surface area contributed by atoms with Crippen molar-refractivity contribution in [3.8, 4) is 0 Å². The van der Waals surface area contributed by atoms with Crippen LogP contribution in [0.4, 0.5) is 4.79 Å². The summed E-state index contributed by atoms with van der Waals surface area (Å²) in [7, 11) is 3.00. The van der Waals surface area contributed by atoms with Crippen LogP contribution in [0.15, 0.2) is 5.16 Å². The molecule has 0 aromatic rings. The first-order valence-corrected chi connectivity index (χ1v) is 6.05. The second kappa shape index (κ2) is 7.13. The van der Waals surface area contributed by atoms with Gasteiger partial charge >= 0.3 is 6.09 Å². The van der Waals surface area contributed by atoms with Crippen LogP contribution in [0.2, 0.25) is 0 Å². The van der Waals surface area contributed by atoms with Gasteiger partial charge in [-0.2, -0.15) is 0 Å². The summed E-state index contributed by atoms with van der Waals surface area (Å²) in [6.45, 7) is 1.63. The number of carbonyl (C=O) groups is 2. The van der Waals surface area contributed by atoms with Crippen LogP contribution >= 0.6 is 11.8 Å². The lowest BCUT2D eigenvalue weighted by Gasteiger charge is -2.26. The molecule has 0 saturated carbocycles. The van der Waals surface area contributed by atoms with Gasteiger partial charge in [-0.25, -0.2) is 4.79 Å². The van der Waals surface area contributed by atoms with Crippen molar-refractivity contribution in [2.75, 3.05) is 39.6 Å². The minimum atomic E-state index is -0.695. The van der Waals surface area contributed by atoms with Gasteiger partial charge in [-0.05, 0) is 0 Å². The average molecular weight is 261 g/mol. The third kappa shape index (κ3) is 4.23. The van der Waals surface area contributed by atoms with E-state index in [-0.39, 0.29) is 11.0 Å². The predicted octanol–water partition coefficient (Wildman–Crippen LogP) is -0.122. The topological polar surface area (TPSA) is 80.2 Å². The zero-order valence-corrected chi connectivity index (χ0v) is 10.6. The highest BCUT2D eigenvalue weighted by Gasteiger charge is 2.26. The van der Waals surface area contributed by atoms with Crippen LogP contribution < -0.4 is 5.32 Å². The van der Waals surface area contributed by atoms with E-state index < -0.39 is 6.09 Å². The van der Waals surface area contributed by atoms with Crippen LogP contribution in [0, 0.1) is 0 Å². The summed E-state index contributed by atoms with van der Waals surface area (Å²) in [4.78, 5) is 28.8. The molecule has 0 radical (unpaired) electrons. The van der Waals surface area contributed by atoms with Gasteiger partial charge in [0.05, 0.1) is 6.61 Å². The van der Waals surface area contributed by atoms with E-state index >= 15 is 0 Å². The summed E-state index contributed by atoms with van der Waals surface area (Å²) in [6, 6.07) is 0. The quantitative estimate of drug-likeness (QED) is 0.563. The molecule has 1 N–H and O–H groups in total. The van der Waals surface area contributed by atoms with E-state index in [9.17, 15) is 9.59 Å². The van der Waals surface area contributed by atoms with Gasteiger partial charge in [-0.3, -0.25) is 9.63 Å². The molecular weight excluding hydrogens is 246 g/mol. The van der Waals surface area contributed by atoms with Gasteiger partial charge in [0.2, 0.25) is 5.04 Å². The SMILES string of the molecule is CNC(=O)ON=C1SCCN(CCOC)C1=O. The van der Waals surface area contributed by atoms with E-state index in [2.05, 4.69) is 15.3 Å². The molecule has 1 saturated heterocycles. The van der Waals surface area contributed by atoms with Gasteiger partial charge in [-0.15, -0.1) is 0 Å². The zero-order chi connectivity index (χ0) is 12.7. The zero-order valence-electron chi connectivity index (χ0n) is 9.76.